The van der Waals surface area contributed by atoms with Crippen LogP contribution in [0.25, 0.3) is 22.5 Å². The van der Waals surface area contributed by atoms with Gasteiger partial charge in [0.2, 0.25) is 5.88 Å². The van der Waals surface area contributed by atoms with Crippen molar-refractivity contribution in [3.8, 4) is 28.4 Å². The van der Waals surface area contributed by atoms with Crippen LogP contribution in [0.2, 0.25) is 10.0 Å². The van der Waals surface area contributed by atoms with Crippen LogP contribution >= 0.6 is 23.2 Å². The van der Waals surface area contributed by atoms with E-state index < -0.39 is 0 Å². The Balaban J connectivity index is 2.02. The molecule has 2 aromatic carbocycles. The van der Waals surface area contributed by atoms with E-state index in [1.807, 2.05) is 55.5 Å². The number of aromatic nitrogens is 2. The molecule has 3 aromatic rings. The molecule has 1 atom stereocenters. The fourth-order valence-electron chi connectivity index (χ4n) is 2.38. The average molecular weight is 388 g/mol. The molecule has 6 heteroatoms. The standard InChI is InChI=1S/C20H19Cl2N3O/c1-2-17(23)12-26-18-11-24-19(13-3-7-15(21)8-4-13)20(25-18)14-5-9-16(22)10-6-14/h3-11,17H,2,12,23H2,1H3/t17-/m1/s1. The van der Waals surface area contributed by atoms with Crippen molar-refractivity contribution in [1.82, 2.24) is 9.97 Å². The molecule has 0 fully saturated rings. The van der Waals surface area contributed by atoms with Gasteiger partial charge in [0.25, 0.3) is 0 Å². The molecule has 2 N–H and O–H groups in total. The summed E-state index contributed by atoms with van der Waals surface area (Å²) in [6.07, 6.45) is 2.45. The molecule has 0 bridgehead atoms. The Morgan fingerprint density at radius 3 is 2.00 bits per heavy atom. The van der Waals surface area contributed by atoms with E-state index in [1.165, 1.54) is 0 Å². The Kier molecular flexibility index (Phi) is 6.09. The Morgan fingerprint density at radius 2 is 1.46 bits per heavy atom. The van der Waals surface area contributed by atoms with E-state index >= 15 is 0 Å². The third-order valence-electron chi connectivity index (χ3n) is 3.96. The number of rotatable bonds is 6. The van der Waals surface area contributed by atoms with Crippen molar-refractivity contribution < 1.29 is 4.74 Å². The lowest BCUT2D eigenvalue weighted by atomic mass is 10.0. The van der Waals surface area contributed by atoms with Crippen molar-refractivity contribution in [3.05, 3.63) is 64.8 Å². The fourth-order valence-corrected chi connectivity index (χ4v) is 2.63. The minimum absolute atomic E-state index is 0.0354. The third kappa shape index (κ3) is 4.52. The zero-order valence-electron chi connectivity index (χ0n) is 14.3. The van der Waals surface area contributed by atoms with Crippen LogP contribution in [-0.4, -0.2) is 22.6 Å². The van der Waals surface area contributed by atoms with Crippen LogP contribution in [0.1, 0.15) is 13.3 Å². The van der Waals surface area contributed by atoms with Crippen LogP contribution in [0.5, 0.6) is 5.88 Å². The summed E-state index contributed by atoms with van der Waals surface area (Å²) in [7, 11) is 0. The lowest BCUT2D eigenvalue weighted by Gasteiger charge is -2.13. The van der Waals surface area contributed by atoms with E-state index in [-0.39, 0.29) is 6.04 Å². The highest BCUT2D eigenvalue weighted by Gasteiger charge is 2.13. The molecule has 4 nitrogen and oxygen atoms in total. The Labute approximate surface area is 163 Å². The summed E-state index contributed by atoms with van der Waals surface area (Å²) in [5.74, 6) is 0.441. The average Bonchev–Trinajstić information content (AvgIpc) is 2.67. The van der Waals surface area contributed by atoms with Crippen LogP contribution in [0.3, 0.4) is 0 Å². The summed E-state index contributed by atoms with van der Waals surface area (Å²) in [5.41, 5.74) is 9.20. The zero-order valence-corrected chi connectivity index (χ0v) is 15.8. The maximum Gasteiger partial charge on any atom is 0.232 e. The molecule has 26 heavy (non-hydrogen) atoms. The Morgan fingerprint density at radius 1 is 0.923 bits per heavy atom. The van der Waals surface area contributed by atoms with E-state index in [2.05, 4.69) is 9.97 Å². The van der Waals surface area contributed by atoms with E-state index in [9.17, 15) is 0 Å². The third-order valence-corrected chi connectivity index (χ3v) is 4.46. The molecular weight excluding hydrogens is 369 g/mol. The van der Waals surface area contributed by atoms with Gasteiger partial charge in [0.1, 0.15) is 12.3 Å². The number of hydrogen-bond donors (Lipinski definition) is 1. The molecule has 134 valence electrons. The molecule has 3 rings (SSSR count). The maximum absolute atomic E-state index is 6.02. The minimum Gasteiger partial charge on any atom is -0.475 e. The van der Waals surface area contributed by atoms with Crippen molar-refractivity contribution in [2.24, 2.45) is 5.73 Å². The normalized spacial score (nSPS) is 12.0. The molecule has 1 heterocycles. The van der Waals surface area contributed by atoms with E-state index in [1.54, 1.807) is 6.20 Å². The van der Waals surface area contributed by atoms with Gasteiger partial charge in [-0.3, -0.25) is 0 Å². The largest absolute Gasteiger partial charge is 0.475 e. The van der Waals surface area contributed by atoms with Gasteiger partial charge in [-0.15, -0.1) is 0 Å². The summed E-state index contributed by atoms with van der Waals surface area (Å²) in [4.78, 5) is 9.24. The molecular formula is C20H19Cl2N3O. The molecule has 0 aliphatic rings. The van der Waals surface area contributed by atoms with Crippen LogP contribution in [-0.2, 0) is 0 Å². The second-order valence-corrected chi connectivity index (χ2v) is 6.77. The molecule has 0 saturated heterocycles. The van der Waals surface area contributed by atoms with Crippen LogP contribution in [0.4, 0.5) is 0 Å². The van der Waals surface area contributed by atoms with Crippen molar-refractivity contribution in [3.63, 3.8) is 0 Å². The lowest BCUT2D eigenvalue weighted by Crippen LogP contribution is -2.27. The molecule has 0 spiro atoms. The first-order valence-corrected chi connectivity index (χ1v) is 9.09. The molecule has 0 aliphatic carbocycles. The van der Waals surface area contributed by atoms with Crippen LogP contribution in [0, 0.1) is 0 Å². The van der Waals surface area contributed by atoms with Crippen LogP contribution < -0.4 is 10.5 Å². The van der Waals surface area contributed by atoms with Crippen molar-refractivity contribution >= 4 is 23.2 Å². The van der Waals surface area contributed by atoms with Gasteiger partial charge in [-0.1, -0.05) is 54.4 Å². The molecule has 0 saturated carbocycles. The Hall–Kier alpha value is -2.14. The number of nitrogens with zero attached hydrogens (tertiary/aromatic N) is 2. The van der Waals surface area contributed by atoms with Gasteiger partial charge in [-0.25, -0.2) is 9.97 Å². The SMILES string of the molecule is CC[C@@H](N)COc1cnc(-c2ccc(Cl)cc2)c(-c2ccc(Cl)cc2)n1. The minimum atomic E-state index is -0.0354. The topological polar surface area (TPSA) is 61.0 Å². The first-order chi connectivity index (χ1) is 12.6. The highest BCUT2D eigenvalue weighted by atomic mass is 35.5. The number of ether oxygens (including phenoxy) is 1. The van der Waals surface area contributed by atoms with Gasteiger partial charge in [-0.05, 0) is 30.7 Å². The monoisotopic (exact) mass is 387 g/mol. The molecule has 1 aromatic heterocycles. The van der Waals surface area contributed by atoms with Crippen molar-refractivity contribution in [1.29, 1.82) is 0 Å². The van der Waals surface area contributed by atoms with Crippen LogP contribution in [0.15, 0.2) is 54.7 Å². The smallest absolute Gasteiger partial charge is 0.232 e. The molecule has 0 unspecified atom stereocenters. The van der Waals surface area contributed by atoms with Gasteiger partial charge in [-0.2, -0.15) is 0 Å². The maximum atomic E-state index is 6.02. The summed E-state index contributed by atoms with van der Waals surface area (Å²) < 4.78 is 5.71. The fraction of sp³-hybridized carbons (Fsp3) is 0.200. The molecule has 0 amide bonds. The summed E-state index contributed by atoms with van der Waals surface area (Å²) in [6, 6.07) is 14.9. The first kappa shape index (κ1) is 18.6. The highest BCUT2D eigenvalue weighted by molar-refractivity contribution is 6.31. The van der Waals surface area contributed by atoms with E-state index in [0.717, 1.165) is 23.2 Å². The second kappa shape index (κ2) is 8.49. The molecule has 0 aliphatic heterocycles. The first-order valence-electron chi connectivity index (χ1n) is 8.34. The molecule has 0 radical (unpaired) electrons. The highest BCUT2D eigenvalue weighted by Crippen LogP contribution is 2.31. The Bertz CT molecular complexity index is 867. The van der Waals surface area contributed by atoms with Crippen molar-refractivity contribution in [2.75, 3.05) is 6.61 Å². The summed E-state index contributed by atoms with van der Waals surface area (Å²) >= 11 is 12.0. The lowest BCUT2D eigenvalue weighted by molar-refractivity contribution is 0.274. The van der Waals surface area contributed by atoms with Gasteiger partial charge in [0.15, 0.2) is 0 Å². The van der Waals surface area contributed by atoms with E-state index in [0.29, 0.717) is 28.2 Å². The van der Waals surface area contributed by atoms with Crippen molar-refractivity contribution in [2.45, 2.75) is 19.4 Å². The van der Waals surface area contributed by atoms with Gasteiger partial charge in [0, 0.05) is 27.2 Å². The van der Waals surface area contributed by atoms with Gasteiger partial charge >= 0.3 is 0 Å². The quantitative estimate of drug-likeness (QED) is 0.628. The predicted molar refractivity (Wildman–Crippen MR) is 107 cm³/mol. The second-order valence-electron chi connectivity index (χ2n) is 5.90. The van der Waals surface area contributed by atoms with E-state index in [4.69, 9.17) is 33.7 Å². The zero-order chi connectivity index (χ0) is 18.5. The van der Waals surface area contributed by atoms with Gasteiger partial charge in [0.05, 0.1) is 11.9 Å². The summed E-state index contributed by atoms with van der Waals surface area (Å²) in [6.45, 7) is 2.41. The number of nitrogens with two attached hydrogens (primary N) is 1. The summed E-state index contributed by atoms with van der Waals surface area (Å²) in [5, 5.41) is 1.33. The van der Waals surface area contributed by atoms with Gasteiger partial charge < -0.3 is 10.5 Å². The number of benzene rings is 2. The predicted octanol–water partition coefficient (Wildman–Crippen LogP) is 5.23. The number of halogens is 2. The number of hydrogen-bond acceptors (Lipinski definition) is 4.